The molecule has 2 aliphatic rings. The first-order valence-electron chi connectivity index (χ1n) is 7.85. The van der Waals surface area contributed by atoms with Crippen LogP contribution >= 0.6 is 11.6 Å². The first-order chi connectivity index (χ1) is 9.92. The molecule has 0 aromatic heterocycles. The monoisotopic (exact) mass is 310 g/mol. The Hall–Kier alpha value is -0.640. The zero-order chi connectivity index (χ0) is 15.1. The fourth-order valence-electron chi connectivity index (χ4n) is 3.68. The van der Waals surface area contributed by atoms with Crippen molar-refractivity contribution in [2.24, 2.45) is 0 Å². The Balaban J connectivity index is 1.84. The fourth-order valence-corrected chi connectivity index (χ4v) is 3.90. The van der Waals surface area contributed by atoms with Gasteiger partial charge in [-0.3, -0.25) is 4.90 Å². The highest BCUT2D eigenvalue weighted by Gasteiger charge is 2.44. The molecular formula is C17H24ClFN2. The van der Waals surface area contributed by atoms with Crippen LogP contribution in [0.5, 0.6) is 0 Å². The van der Waals surface area contributed by atoms with Gasteiger partial charge in [0.1, 0.15) is 5.82 Å². The van der Waals surface area contributed by atoms with E-state index in [0.29, 0.717) is 17.1 Å². The van der Waals surface area contributed by atoms with E-state index in [2.05, 4.69) is 24.1 Å². The molecule has 116 valence electrons. The number of rotatable bonds is 2. The molecule has 1 aliphatic carbocycles. The lowest BCUT2D eigenvalue weighted by Gasteiger charge is -2.51. The van der Waals surface area contributed by atoms with Crippen LogP contribution in [-0.4, -0.2) is 29.1 Å². The van der Waals surface area contributed by atoms with Gasteiger partial charge in [-0.25, -0.2) is 4.39 Å². The molecule has 2 nitrogen and oxygen atoms in total. The highest BCUT2D eigenvalue weighted by Crippen LogP contribution is 2.37. The summed E-state index contributed by atoms with van der Waals surface area (Å²) in [7, 11) is 0. The van der Waals surface area contributed by atoms with Crippen LogP contribution in [0.15, 0.2) is 18.2 Å². The zero-order valence-corrected chi connectivity index (χ0v) is 13.6. The normalized spacial score (nSPS) is 24.6. The van der Waals surface area contributed by atoms with Gasteiger partial charge in [0.05, 0.1) is 0 Å². The maximum absolute atomic E-state index is 14.1. The average molecular weight is 311 g/mol. The van der Waals surface area contributed by atoms with Gasteiger partial charge in [-0.15, -0.1) is 0 Å². The Labute approximate surface area is 131 Å². The maximum Gasteiger partial charge on any atom is 0.129 e. The quantitative estimate of drug-likeness (QED) is 0.889. The van der Waals surface area contributed by atoms with Crippen molar-refractivity contribution in [1.29, 1.82) is 0 Å². The van der Waals surface area contributed by atoms with Crippen molar-refractivity contribution in [2.75, 3.05) is 13.1 Å². The Bertz CT molecular complexity index is 503. The maximum atomic E-state index is 14.1. The molecule has 21 heavy (non-hydrogen) atoms. The molecule has 3 rings (SSSR count). The third-order valence-corrected chi connectivity index (χ3v) is 5.57. The topological polar surface area (TPSA) is 15.3 Å². The van der Waals surface area contributed by atoms with Gasteiger partial charge in [0.25, 0.3) is 0 Å². The second kappa shape index (κ2) is 5.53. The van der Waals surface area contributed by atoms with Crippen molar-refractivity contribution in [2.45, 2.75) is 57.2 Å². The van der Waals surface area contributed by atoms with Gasteiger partial charge in [0, 0.05) is 41.3 Å². The van der Waals surface area contributed by atoms with E-state index in [1.807, 2.05) is 0 Å². The van der Waals surface area contributed by atoms with E-state index < -0.39 is 0 Å². The van der Waals surface area contributed by atoms with E-state index in [0.717, 1.165) is 13.1 Å². The summed E-state index contributed by atoms with van der Waals surface area (Å²) in [6.45, 7) is 6.94. The van der Waals surface area contributed by atoms with Crippen molar-refractivity contribution in [1.82, 2.24) is 10.2 Å². The molecule has 1 N–H and O–H groups in total. The van der Waals surface area contributed by atoms with Gasteiger partial charge in [0.2, 0.25) is 0 Å². The summed E-state index contributed by atoms with van der Waals surface area (Å²) in [5.41, 5.74) is 0.870. The third-order valence-electron chi connectivity index (χ3n) is 5.22. The van der Waals surface area contributed by atoms with Crippen LogP contribution < -0.4 is 5.32 Å². The molecule has 2 fully saturated rings. The molecule has 0 atom stereocenters. The average Bonchev–Trinajstić information content (AvgIpc) is 2.87. The minimum absolute atomic E-state index is 0.0133. The van der Waals surface area contributed by atoms with Crippen molar-refractivity contribution < 1.29 is 4.39 Å². The lowest BCUT2D eigenvalue weighted by Crippen LogP contribution is -2.66. The van der Waals surface area contributed by atoms with Crippen molar-refractivity contribution in [3.8, 4) is 0 Å². The predicted molar refractivity (Wildman–Crippen MR) is 85.1 cm³/mol. The van der Waals surface area contributed by atoms with Gasteiger partial charge in [-0.1, -0.05) is 30.5 Å². The van der Waals surface area contributed by atoms with Crippen LogP contribution in [0.25, 0.3) is 0 Å². The molecule has 0 amide bonds. The van der Waals surface area contributed by atoms with Gasteiger partial charge in [0.15, 0.2) is 0 Å². The van der Waals surface area contributed by atoms with Crippen molar-refractivity contribution >= 4 is 11.6 Å². The van der Waals surface area contributed by atoms with Crippen LogP contribution in [0.3, 0.4) is 0 Å². The van der Waals surface area contributed by atoms with Crippen molar-refractivity contribution in [3.63, 3.8) is 0 Å². The highest BCUT2D eigenvalue weighted by molar-refractivity contribution is 6.31. The summed E-state index contributed by atoms with van der Waals surface area (Å²) in [5.74, 6) is -0.197. The molecule has 1 spiro atoms. The Morgan fingerprint density at radius 2 is 2.00 bits per heavy atom. The van der Waals surface area contributed by atoms with Gasteiger partial charge in [-0.2, -0.15) is 0 Å². The minimum atomic E-state index is -0.197. The number of nitrogens with one attached hydrogen (secondary N) is 1. The number of benzene rings is 1. The summed E-state index contributed by atoms with van der Waals surface area (Å²) in [4.78, 5) is 2.40. The van der Waals surface area contributed by atoms with E-state index >= 15 is 0 Å². The largest absolute Gasteiger partial charge is 0.308 e. The smallest absolute Gasteiger partial charge is 0.129 e. The van der Waals surface area contributed by atoms with Crippen molar-refractivity contribution in [3.05, 3.63) is 34.6 Å². The molecule has 1 heterocycles. The van der Waals surface area contributed by atoms with E-state index in [1.165, 1.54) is 31.7 Å². The SMILES string of the molecule is CC1(C)CNC2(CCCC2)CN1Cc1c(F)cccc1Cl. The van der Waals surface area contributed by atoms with Crippen LogP contribution in [0.4, 0.5) is 4.39 Å². The summed E-state index contributed by atoms with van der Waals surface area (Å²) in [6, 6.07) is 4.95. The minimum Gasteiger partial charge on any atom is -0.308 e. The fraction of sp³-hybridized carbons (Fsp3) is 0.647. The van der Waals surface area contributed by atoms with Gasteiger partial charge < -0.3 is 5.32 Å². The Morgan fingerprint density at radius 1 is 1.29 bits per heavy atom. The second-order valence-electron chi connectivity index (χ2n) is 7.21. The highest BCUT2D eigenvalue weighted by atomic mass is 35.5. The number of nitrogens with zero attached hydrogens (tertiary/aromatic N) is 1. The Kier molecular flexibility index (Phi) is 4.02. The number of hydrogen-bond donors (Lipinski definition) is 1. The Morgan fingerprint density at radius 3 is 2.67 bits per heavy atom. The molecule has 1 saturated carbocycles. The molecule has 4 heteroatoms. The molecule has 1 aromatic rings. The number of piperazine rings is 1. The van der Waals surface area contributed by atoms with E-state index in [1.54, 1.807) is 12.1 Å². The number of hydrogen-bond acceptors (Lipinski definition) is 2. The van der Waals surface area contributed by atoms with E-state index in [4.69, 9.17) is 11.6 Å². The molecular weight excluding hydrogens is 287 g/mol. The summed E-state index contributed by atoms with van der Waals surface area (Å²) < 4.78 is 14.1. The molecule has 0 bridgehead atoms. The van der Waals surface area contributed by atoms with Crippen LogP contribution in [0, 0.1) is 5.82 Å². The van der Waals surface area contributed by atoms with E-state index in [-0.39, 0.29) is 16.9 Å². The van der Waals surface area contributed by atoms with Gasteiger partial charge >= 0.3 is 0 Å². The first-order valence-corrected chi connectivity index (χ1v) is 8.23. The van der Waals surface area contributed by atoms with Crippen LogP contribution in [0.1, 0.15) is 45.1 Å². The lowest BCUT2D eigenvalue weighted by molar-refractivity contribution is 0.0210. The van der Waals surface area contributed by atoms with Crippen LogP contribution in [-0.2, 0) is 6.54 Å². The zero-order valence-electron chi connectivity index (χ0n) is 12.9. The molecule has 1 aliphatic heterocycles. The van der Waals surface area contributed by atoms with E-state index in [9.17, 15) is 4.39 Å². The third kappa shape index (κ3) is 2.96. The summed E-state index contributed by atoms with van der Waals surface area (Å²) in [5, 5.41) is 4.29. The predicted octanol–water partition coefficient (Wildman–Crippen LogP) is 3.98. The number of halogens is 2. The second-order valence-corrected chi connectivity index (χ2v) is 7.62. The first kappa shape index (κ1) is 15.3. The van der Waals surface area contributed by atoms with Gasteiger partial charge in [-0.05, 0) is 38.8 Å². The lowest BCUT2D eigenvalue weighted by atomic mass is 9.87. The molecule has 0 radical (unpaired) electrons. The molecule has 1 saturated heterocycles. The molecule has 1 aromatic carbocycles. The summed E-state index contributed by atoms with van der Waals surface area (Å²) in [6.07, 6.45) is 5.04. The standard InChI is InChI=1S/C17H24ClFN2/c1-16(2)11-20-17(8-3-4-9-17)12-21(16)10-13-14(18)6-5-7-15(13)19/h5-7,20H,3-4,8-12H2,1-2H3. The van der Waals surface area contributed by atoms with Crippen LogP contribution in [0.2, 0.25) is 5.02 Å². The molecule has 0 unspecified atom stereocenters. The summed E-state index contributed by atoms with van der Waals surface area (Å²) >= 11 is 6.21.